The van der Waals surface area contributed by atoms with Gasteiger partial charge in [0.05, 0.1) is 55.3 Å². The number of hydrogen-bond donors (Lipinski definition) is 5. The van der Waals surface area contributed by atoms with Crippen LogP contribution in [-0.2, 0) is 25.7 Å². The minimum absolute atomic E-state index is 0.0233. The molecule has 5 heterocycles. The van der Waals surface area contributed by atoms with Gasteiger partial charge < -0.3 is 49.7 Å². The maximum Gasteiger partial charge on any atom is 0.407 e. The van der Waals surface area contributed by atoms with E-state index in [-0.39, 0.29) is 36.0 Å². The fourth-order valence-corrected chi connectivity index (χ4v) is 9.13. The number of rotatable bonds is 9. The molecule has 0 saturated carbocycles. The molecule has 1 unspecified atom stereocenters. The molecule has 8 rings (SSSR count). The summed E-state index contributed by atoms with van der Waals surface area (Å²) in [5, 5.41) is 17.5. The molecule has 4 amide bonds. The summed E-state index contributed by atoms with van der Waals surface area (Å²) in [4.78, 5) is 72.1. The fourth-order valence-electron chi connectivity index (χ4n) is 9.13. The second kappa shape index (κ2) is 16.1. The van der Waals surface area contributed by atoms with Crippen molar-refractivity contribution in [1.82, 2.24) is 40.4 Å². The van der Waals surface area contributed by atoms with Crippen LogP contribution in [0.4, 0.5) is 9.59 Å². The first-order valence-corrected chi connectivity index (χ1v) is 20.6. The number of carbonyl (C=O) groups excluding carboxylic acids is 4. The number of H-pyrrole nitrogens is 2. The molecule has 3 aliphatic rings. The van der Waals surface area contributed by atoms with Crippen LogP contribution < -0.4 is 15.4 Å². The van der Waals surface area contributed by atoms with Gasteiger partial charge in [-0.25, -0.2) is 19.6 Å². The lowest BCUT2D eigenvalue weighted by Crippen LogP contribution is -2.54. The number of aliphatic hydroxyl groups excluding tert-OH is 1. The number of methoxy groups -OCH3 is 2. The number of ether oxygens (including phenoxy) is 3. The lowest BCUT2D eigenvalue weighted by atomic mass is 9.92. The topological polar surface area (TPSA) is 204 Å². The number of benzene rings is 3. The van der Waals surface area contributed by atoms with Gasteiger partial charge in [0, 0.05) is 23.0 Å². The summed E-state index contributed by atoms with van der Waals surface area (Å²) in [6, 6.07) is 11.8. The quantitative estimate of drug-likeness (QED) is 0.113. The van der Waals surface area contributed by atoms with Crippen LogP contribution in [0.2, 0.25) is 0 Å². The van der Waals surface area contributed by atoms with Crippen molar-refractivity contribution in [3.8, 4) is 28.1 Å². The molecule has 60 heavy (non-hydrogen) atoms. The van der Waals surface area contributed by atoms with Crippen LogP contribution in [0.25, 0.3) is 44.2 Å². The second-order valence-electron chi connectivity index (χ2n) is 16.6. The minimum atomic E-state index is -1.17. The van der Waals surface area contributed by atoms with Gasteiger partial charge in [-0.15, -0.1) is 0 Å². The highest BCUT2D eigenvalue weighted by atomic mass is 16.5. The van der Waals surface area contributed by atoms with Crippen molar-refractivity contribution in [2.24, 2.45) is 5.92 Å². The molecule has 316 valence electrons. The monoisotopic (exact) mass is 820 g/mol. The Kier molecular flexibility index (Phi) is 10.9. The lowest BCUT2D eigenvalue weighted by molar-refractivity contribution is -0.139. The number of carbonyl (C=O) groups is 4. The lowest BCUT2D eigenvalue weighted by Gasteiger charge is -2.32. The predicted octanol–water partition coefficient (Wildman–Crippen LogP) is 6.26. The molecule has 16 nitrogen and oxygen atoms in total. The number of aromatic amines is 2. The Morgan fingerprint density at radius 2 is 1.47 bits per heavy atom. The molecule has 0 radical (unpaired) electrons. The van der Waals surface area contributed by atoms with E-state index < -0.39 is 36.3 Å². The third-order valence-corrected chi connectivity index (χ3v) is 12.3. The number of aromatic nitrogens is 4. The van der Waals surface area contributed by atoms with E-state index in [0.717, 1.165) is 74.8 Å². The highest BCUT2D eigenvalue weighted by Gasteiger charge is 2.43. The normalized spacial score (nSPS) is 21.3. The van der Waals surface area contributed by atoms with Gasteiger partial charge in [-0.2, -0.15) is 0 Å². The molecule has 0 spiro atoms. The summed E-state index contributed by atoms with van der Waals surface area (Å²) in [5.74, 6) is 1.38. The zero-order valence-corrected chi connectivity index (χ0v) is 34.9. The Hall–Kier alpha value is -6.16. The zero-order chi connectivity index (χ0) is 42.6. The van der Waals surface area contributed by atoms with E-state index in [1.54, 1.807) is 11.1 Å². The molecule has 0 aliphatic carbocycles. The average Bonchev–Trinajstić information content (AvgIpc) is 4.06. The van der Waals surface area contributed by atoms with Crippen molar-refractivity contribution in [3.05, 3.63) is 65.9 Å². The third-order valence-electron chi connectivity index (χ3n) is 12.3. The molecule has 3 aromatic carbocycles. The van der Waals surface area contributed by atoms with Crippen LogP contribution in [0.5, 0.6) is 5.75 Å². The number of nitrogens with zero attached hydrogens (tertiary/aromatic N) is 4. The number of likely N-dealkylation sites (tertiary alicyclic amines) is 2. The van der Waals surface area contributed by atoms with E-state index in [0.29, 0.717) is 24.7 Å². The number of imidazole rings is 2. The third kappa shape index (κ3) is 7.26. The Morgan fingerprint density at radius 3 is 2.12 bits per heavy atom. The van der Waals surface area contributed by atoms with Crippen LogP contribution in [0, 0.1) is 5.92 Å². The van der Waals surface area contributed by atoms with Crippen LogP contribution >= 0.6 is 0 Å². The number of hydrogen-bond acceptors (Lipinski definition) is 10. The van der Waals surface area contributed by atoms with Gasteiger partial charge in [-0.3, -0.25) is 9.59 Å². The maximum atomic E-state index is 13.9. The first-order valence-electron chi connectivity index (χ1n) is 20.6. The molecule has 7 atom stereocenters. The van der Waals surface area contributed by atoms with Crippen molar-refractivity contribution in [2.45, 2.75) is 109 Å². The summed E-state index contributed by atoms with van der Waals surface area (Å²) in [6.45, 7) is 9.60. The van der Waals surface area contributed by atoms with E-state index in [1.165, 1.54) is 21.1 Å². The van der Waals surface area contributed by atoms with Gasteiger partial charge in [0.15, 0.2) is 0 Å². The Balaban J connectivity index is 1.05. The van der Waals surface area contributed by atoms with Crippen molar-refractivity contribution >= 4 is 45.8 Å². The van der Waals surface area contributed by atoms with E-state index in [4.69, 9.17) is 24.2 Å². The van der Waals surface area contributed by atoms with Gasteiger partial charge in [-0.1, -0.05) is 32.0 Å². The van der Waals surface area contributed by atoms with Crippen LogP contribution in [0.15, 0.2) is 48.7 Å². The van der Waals surface area contributed by atoms with Crippen molar-refractivity contribution in [1.29, 1.82) is 0 Å². The summed E-state index contributed by atoms with van der Waals surface area (Å²) in [6.07, 6.45) is 2.20. The van der Waals surface area contributed by atoms with Gasteiger partial charge in [-0.05, 0) is 98.7 Å². The van der Waals surface area contributed by atoms with Crippen LogP contribution in [0.3, 0.4) is 0 Å². The molecule has 5 N–H and O–H groups in total. The second-order valence-corrected chi connectivity index (χ2v) is 16.6. The molecule has 0 bridgehead atoms. The smallest absolute Gasteiger partial charge is 0.407 e. The maximum absolute atomic E-state index is 13.9. The van der Waals surface area contributed by atoms with Gasteiger partial charge in [0.2, 0.25) is 11.8 Å². The highest BCUT2D eigenvalue weighted by molar-refractivity contribution is 6.07. The minimum Gasteiger partial charge on any atom is -0.488 e. The first kappa shape index (κ1) is 40.6. The predicted molar refractivity (Wildman–Crippen MR) is 223 cm³/mol. The van der Waals surface area contributed by atoms with Crippen LogP contribution in [-0.4, -0.2) is 103 Å². The largest absolute Gasteiger partial charge is 0.488 e. The molecule has 2 fully saturated rings. The zero-order valence-electron chi connectivity index (χ0n) is 34.9. The molecule has 16 heteroatoms. The van der Waals surface area contributed by atoms with E-state index >= 15 is 0 Å². The fraction of sp³-hybridized carbons (Fsp3) is 0.455. The number of fused-ring (bicyclic) bond motifs is 6. The Morgan fingerprint density at radius 1 is 0.817 bits per heavy atom. The SMILES string of the molecule is COC(=O)NC(C(=O)N1[C@@H](C)CC[C@H]1c1nc2c(ccc3cc4c(cc32)OCc2cc(-c3cnc([C@@H]5CC[C@H](C)N5C(=O)[C@@H](NC(=O)OC)C(C)C)[nH]3)ccc2-4)[nH]1)[C@@H](C)O. The molecular weight excluding hydrogens is 769 g/mol. The van der Waals surface area contributed by atoms with E-state index in [9.17, 15) is 24.3 Å². The number of nitrogens with one attached hydrogen (secondary N) is 4. The molecular formula is C44H52N8O8. The van der Waals surface area contributed by atoms with Crippen molar-refractivity contribution in [2.75, 3.05) is 14.2 Å². The van der Waals surface area contributed by atoms with Crippen molar-refractivity contribution in [3.63, 3.8) is 0 Å². The summed E-state index contributed by atoms with van der Waals surface area (Å²) in [5.41, 5.74) is 6.40. The Labute approximate surface area is 347 Å². The van der Waals surface area contributed by atoms with E-state index in [2.05, 4.69) is 44.9 Å². The Bertz CT molecular complexity index is 2480. The molecule has 5 aromatic rings. The van der Waals surface area contributed by atoms with Crippen molar-refractivity contribution < 1.29 is 38.5 Å². The van der Waals surface area contributed by atoms with Gasteiger partial charge >= 0.3 is 12.2 Å². The van der Waals surface area contributed by atoms with Gasteiger partial charge in [0.1, 0.15) is 36.1 Å². The number of alkyl carbamates (subject to hydrolysis) is 2. The number of amides is 4. The first-order chi connectivity index (χ1) is 28.8. The molecule has 2 aromatic heterocycles. The highest BCUT2D eigenvalue weighted by Crippen LogP contribution is 2.44. The number of aliphatic hydroxyl groups is 1. The van der Waals surface area contributed by atoms with Crippen LogP contribution in [0.1, 0.15) is 89.6 Å². The molecule has 2 saturated heterocycles. The standard InChI is InChI=1S/C44H52N8O8/c1-21(2)36(49-43(56)58-6)41(54)51-22(3)8-14-33(51)39-45-19-32(47-39)26-10-12-28-27(16-26)20-60-35-18-29-25(17-30(28)35)11-13-31-38(29)48-40(46-31)34-15-9-23(4)52(34)42(55)37(24(5)53)50-44(57)59-7/h10-13,16-19,21-24,33-34,36-37,53H,8-9,14-15,20H2,1-7H3,(H,45,47)(H,46,48)(H,49,56)(H,50,57)/t22-,23-,24+,33-,34-,36-,37?/m0/s1. The summed E-state index contributed by atoms with van der Waals surface area (Å²) in [7, 11) is 2.50. The summed E-state index contributed by atoms with van der Waals surface area (Å²) >= 11 is 0. The average molecular weight is 821 g/mol. The summed E-state index contributed by atoms with van der Waals surface area (Å²) < 4.78 is 15.9. The van der Waals surface area contributed by atoms with E-state index in [1.807, 2.05) is 50.8 Å². The van der Waals surface area contributed by atoms with Gasteiger partial charge in [0.25, 0.3) is 0 Å². The molecule has 3 aliphatic heterocycles.